The van der Waals surface area contributed by atoms with Crippen LogP contribution in [-0.4, -0.2) is 60.8 Å². The molecule has 1 spiro atoms. The molecule has 3 aliphatic rings. The van der Waals surface area contributed by atoms with Gasteiger partial charge in [-0.1, -0.05) is 6.07 Å². The van der Waals surface area contributed by atoms with Gasteiger partial charge in [-0.05, 0) is 42.0 Å². The maximum Gasteiger partial charge on any atom is 0.573 e. The zero-order chi connectivity index (χ0) is 23.4. The summed E-state index contributed by atoms with van der Waals surface area (Å²) in [4.78, 5) is 22.5. The molecule has 1 amide bonds. The van der Waals surface area contributed by atoms with Gasteiger partial charge in [0.25, 0.3) is 5.91 Å². The number of hydrogen-bond acceptors (Lipinski definition) is 7. The van der Waals surface area contributed by atoms with Gasteiger partial charge in [0, 0.05) is 48.9 Å². The summed E-state index contributed by atoms with van der Waals surface area (Å²) < 4.78 is 61.2. The highest BCUT2D eigenvalue weighted by atomic mass is 32.3. The van der Waals surface area contributed by atoms with Crippen LogP contribution in [0.5, 0.6) is 5.75 Å². The average Bonchev–Trinajstić information content (AvgIpc) is 3.52. The fraction of sp³-hybridized carbons (Fsp3) is 0.476. The Kier molecular flexibility index (Phi) is 5.22. The third-order valence-corrected chi connectivity index (χ3v) is 8.18. The van der Waals surface area contributed by atoms with Crippen molar-refractivity contribution < 1.29 is 31.8 Å². The van der Waals surface area contributed by atoms with Crippen LogP contribution in [0.2, 0.25) is 0 Å². The van der Waals surface area contributed by atoms with Gasteiger partial charge in [0.2, 0.25) is 5.95 Å². The summed E-state index contributed by atoms with van der Waals surface area (Å²) in [5.74, 6) is 0.735. The molecule has 0 unspecified atom stereocenters. The van der Waals surface area contributed by atoms with Crippen molar-refractivity contribution in [3.8, 4) is 5.75 Å². The third-order valence-electron chi connectivity index (χ3n) is 6.03. The molecular formula is C21H23F3N4O4S. The Balaban J connectivity index is 1.18. The summed E-state index contributed by atoms with van der Waals surface area (Å²) in [6.07, 6.45) is -0.0679. The van der Waals surface area contributed by atoms with Crippen LogP contribution < -0.4 is 10.1 Å². The molecule has 0 radical (unpaired) electrons. The van der Waals surface area contributed by atoms with Crippen molar-refractivity contribution in [1.29, 1.82) is 0 Å². The molecule has 1 saturated carbocycles. The maximum atomic E-state index is 12.7. The number of halogens is 3. The number of hydrogen-bond donors (Lipinski definition) is 3. The number of aromatic nitrogens is 2. The zero-order valence-electron chi connectivity index (χ0n) is 17.5. The van der Waals surface area contributed by atoms with Crippen LogP contribution in [0.15, 0.2) is 30.6 Å². The summed E-state index contributed by atoms with van der Waals surface area (Å²) in [6.45, 7) is 1.17. The Hall–Kier alpha value is -2.57. The second-order valence-electron chi connectivity index (χ2n) is 9.13. The standard InChI is InChI=1S/C21H23F3N4O4S/c22-21(23,24)32-17-4-13(3-15(5-17)14-1-2-14)6-25-19-26-7-16(8-27-19)18(29)28-9-20(10-28)11-33(30,31)12-20/h3-5,7-8,14,30-31H,1-2,6,9-12H2,(H,25,26,27). The average molecular weight is 485 g/mol. The highest BCUT2D eigenvalue weighted by Gasteiger charge is 2.57. The lowest BCUT2D eigenvalue weighted by atomic mass is 9.82. The molecule has 5 rings (SSSR count). The summed E-state index contributed by atoms with van der Waals surface area (Å²) in [6, 6.07) is 4.61. The van der Waals surface area contributed by atoms with Crippen molar-refractivity contribution in [3.05, 3.63) is 47.3 Å². The van der Waals surface area contributed by atoms with Crippen molar-refractivity contribution in [2.24, 2.45) is 5.41 Å². The van der Waals surface area contributed by atoms with Gasteiger partial charge in [0.1, 0.15) is 5.75 Å². The number of ether oxygens (including phenoxy) is 1. The quantitative estimate of drug-likeness (QED) is 0.567. The predicted molar refractivity (Wildman–Crippen MR) is 115 cm³/mol. The van der Waals surface area contributed by atoms with Gasteiger partial charge in [-0.25, -0.2) is 9.97 Å². The molecule has 1 aromatic carbocycles. The molecule has 3 heterocycles. The van der Waals surface area contributed by atoms with Gasteiger partial charge in [-0.3, -0.25) is 13.9 Å². The van der Waals surface area contributed by atoms with E-state index in [4.69, 9.17) is 0 Å². The number of nitrogens with zero attached hydrogens (tertiary/aromatic N) is 3. The fourth-order valence-corrected chi connectivity index (χ4v) is 6.80. The molecule has 1 aliphatic carbocycles. The van der Waals surface area contributed by atoms with Gasteiger partial charge in [0.05, 0.1) is 5.56 Å². The second kappa shape index (κ2) is 7.74. The molecule has 3 N–H and O–H groups in total. The Morgan fingerprint density at radius 2 is 1.85 bits per heavy atom. The van der Waals surface area contributed by atoms with E-state index in [-0.39, 0.29) is 35.5 Å². The summed E-state index contributed by atoms with van der Waals surface area (Å²) in [5.41, 5.74) is 1.58. The molecule has 0 atom stereocenters. The van der Waals surface area contributed by atoms with Crippen LogP contribution >= 0.6 is 10.6 Å². The summed E-state index contributed by atoms with van der Waals surface area (Å²) in [7, 11) is -2.45. The number of nitrogens with one attached hydrogen (secondary N) is 1. The van der Waals surface area contributed by atoms with Crippen molar-refractivity contribution in [2.45, 2.75) is 31.7 Å². The van der Waals surface area contributed by atoms with Crippen LogP contribution in [0.1, 0.15) is 40.2 Å². The lowest BCUT2D eigenvalue weighted by Gasteiger charge is -2.63. The minimum absolute atomic E-state index is 0.166. The highest BCUT2D eigenvalue weighted by molar-refractivity contribution is 8.25. The normalized spacial score (nSPS) is 21.7. The van der Waals surface area contributed by atoms with Crippen LogP contribution in [0.25, 0.3) is 0 Å². The smallest absolute Gasteiger partial charge is 0.406 e. The Morgan fingerprint density at radius 3 is 2.42 bits per heavy atom. The second-order valence-corrected chi connectivity index (χ2v) is 11.3. The molecule has 1 aromatic heterocycles. The third kappa shape index (κ3) is 5.02. The molecular weight excluding hydrogens is 461 g/mol. The largest absolute Gasteiger partial charge is 0.573 e. The topological polar surface area (TPSA) is 108 Å². The van der Waals surface area contributed by atoms with Gasteiger partial charge in [0.15, 0.2) is 0 Å². The SMILES string of the molecule is O=C(c1cnc(NCc2cc(OC(F)(F)F)cc(C3CC3)c2)nc1)N1CC2(C1)CS(O)(O)C2. The lowest BCUT2D eigenvalue weighted by molar-refractivity contribution is -0.274. The lowest BCUT2D eigenvalue weighted by Crippen LogP contribution is -2.67. The van der Waals surface area contributed by atoms with Gasteiger partial charge < -0.3 is 15.0 Å². The number of carbonyl (C=O) groups excluding carboxylic acids is 1. The molecule has 2 aromatic rings. The highest BCUT2D eigenvalue weighted by Crippen LogP contribution is 2.62. The molecule has 2 aliphatic heterocycles. The van der Waals surface area contributed by atoms with Crippen LogP contribution in [0.4, 0.5) is 19.1 Å². The number of alkyl halides is 3. The van der Waals surface area contributed by atoms with E-state index in [1.165, 1.54) is 24.5 Å². The molecule has 2 saturated heterocycles. The van der Waals surface area contributed by atoms with Gasteiger partial charge in [-0.15, -0.1) is 13.2 Å². The van der Waals surface area contributed by atoms with Crippen LogP contribution in [0.3, 0.4) is 0 Å². The molecule has 3 fully saturated rings. The summed E-state index contributed by atoms with van der Waals surface area (Å²) >= 11 is 0. The van der Waals surface area contributed by atoms with Crippen molar-refractivity contribution in [3.63, 3.8) is 0 Å². The fourth-order valence-electron chi connectivity index (χ4n) is 4.55. The van der Waals surface area contributed by atoms with E-state index in [9.17, 15) is 27.1 Å². The number of anilines is 1. The van der Waals surface area contributed by atoms with E-state index in [0.29, 0.717) is 35.7 Å². The molecule has 8 nitrogen and oxygen atoms in total. The minimum Gasteiger partial charge on any atom is -0.406 e. The Bertz CT molecular complexity index is 1060. The minimum atomic E-state index is -4.76. The monoisotopic (exact) mass is 484 g/mol. The number of benzene rings is 1. The number of rotatable bonds is 6. The zero-order valence-corrected chi connectivity index (χ0v) is 18.3. The van der Waals surface area contributed by atoms with Crippen molar-refractivity contribution >= 4 is 22.4 Å². The molecule has 33 heavy (non-hydrogen) atoms. The van der Waals surface area contributed by atoms with E-state index in [1.54, 1.807) is 4.90 Å². The van der Waals surface area contributed by atoms with Gasteiger partial charge >= 0.3 is 6.36 Å². The van der Waals surface area contributed by atoms with E-state index >= 15 is 0 Å². The van der Waals surface area contributed by atoms with Crippen LogP contribution in [-0.2, 0) is 6.54 Å². The first-order chi connectivity index (χ1) is 15.5. The molecule has 0 bridgehead atoms. The van der Waals surface area contributed by atoms with E-state index in [2.05, 4.69) is 20.0 Å². The van der Waals surface area contributed by atoms with Crippen molar-refractivity contribution in [2.75, 3.05) is 29.9 Å². The maximum absolute atomic E-state index is 12.7. The molecule has 178 valence electrons. The first-order valence-corrected chi connectivity index (χ1v) is 12.4. The summed E-state index contributed by atoms with van der Waals surface area (Å²) in [5, 5.41) is 2.96. The molecule has 12 heteroatoms. The van der Waals surface area contributed by atoms with E-state index < -0.39 is 17.0 Å². The van der Waals surface area contributed by atoms with Gasteiger partial charge in [-0.2, -0.15) is 10.6 Å². The Morgan fingerprint density at radius 1 is 1.18 bits per heavy atom. The number of carbonyl (C=O) groups is 1. The predicted octanol–water partition coefficient (Wildman–Crippen LogP) is 4.07. The van der Waals surface area contributed by atoms with Crippen molar-refractivity contribution in [1.82, 2.24) is 14.9 Å². The van der Waals surface area contributed by atoms with E-state index in [0.717, 1.165) is 18.4 Å². The first kappa shape index (κ1) is 22.2. The first-order valence-electron chi connectivity index (χ1n) is 10.5. The van der Waals surface area contributed by atoms with E-state index in [1.807, 2.05) is 6.07 Å². The Labute approximate surface area is 189 Å². The van der Waals surface area contributed by atoms with Crippen LogP contribution in [0, 0.1) is 5.41 Å². The number of amides is 1. The number of likely N-dealkylation sites (tertiary alicyclic amines) is 1.